The Bertz CT molecular complexity index is 620. The number of hydrogen-bond donors (Lipinski definition) is 2. The summed E-state index contributed by atoms with van der Waals surface area (Å²) in [5.74, 6) is 0.504. The Morgan fingerprint density at radius 3 is 2.64 bits per heavy atom. The summed E-state index contributed by atoms with van der Waals surface area (Å²) in [6.07, 6.45) is 1.96. The average molecular weight is 323 g/mol. The van der Waals surface area contributed by atoms with Gasteiger partial charge in [-0.15, -0.1) is 0 Å². The quantitative estimate of drug-likeness (QED) is 0.887. The highest BCUT2D eigenvalue weighted by Gasteiger charge is 2.45. The third-order valence-corrected chi connectivity index (χ3v) is 6.93. The van der Waals surface area contributed by atoms with E-state index in [0.717, 1.165) is 19.4 Å². The van der Waals surface area contributed by atoms with Crippen LogP contribution in [0.4, 0.5) is 0 Å². The second-order valence-corrected chi connectivity index (χ2v) is 8.83. The van der Waals surface area contributed by atoms with Crippen molar-refractivity contribution in [2.75, 3.05) is 19.6 Å². The first kappa shape index (κ1) is 15.9. The largest absolute Gasteiger partial charge is 0.257 e. The molecule has 0 amide bonds. The van der Waals surface area contributed by atoms with E-state index in [1.54, 1.807) is 28.6 Å². The van der Waals surface area contributed by atoms with E-state index in [9.17, 15) is 8.42 Å². The molecule has 0 aliphatic carbocycles. The van der Waals surface area contributed by atoms with Crippen molar-refractivity contribution < 1.29 is 8.42 Å². The molecular formula is C16H25N3O2S. The van der Waals surface area contributed by atoms with Gasteiger partial charge in [0, 0.05) is 25.7 Å². The number of nitrogens with zero attached hydrogens (tertiary/aromatic N) is 1. The maximum Gasteiger partial charge on any atom is 0.243 e. The number of piperidine rings is 1. The molecule has 1 aromatic rings. The smallest absolute Gasteiger partial charge is 0.243 e. The maximum atomic E-state index is 12.9. The van der Waals surface area contributed by atoms with Crippen LogP contribution in [0.3, 0.4) is 0 Å². The van der Waals surface area contributed by atoms with E-state index < -0.39 is 10.0 Å². The SMILES string of the molecule is CC1CNNC1C1(C)CCCN(S(=O)(=O)c2ccccc2)C1. The fourth-order valence-corrected chi connectivity index (χ4v) is 5.51. The van der Waals surface area contributed by atoms with Gasteiger partial charge in [0.25, 0.3) is 0 Å². The summed E-state index contributed by atoms with van der Waals surface area (Å²) in [7, 11) is -3.39. The van der Waals surface area contributed by atoms with Crippen LogP contribution in [0.1, 0.15) is 26.7 Å². The Morgan fingerprint density at radius 2 is 2.00 bits per heavy atom. The van der Waals surface area contributed by atoms with Crippen LogP contribution in [-0.4, -0.2) is 38.4 Å². The van der Waals surface area contributed by atoms with Gasteiger partial charge in [-0.1, -0.05) is 32.0 Å². The third kappa shape index (κ3) is 2.80. The Labute approximate surface area is 133 Å². The molecular weight excluding hydrogens is 298 g/mol. The van der Waals surface area contributed by atoms with Gasteiger partial charge in [0.15, 0.2) is 0 Å². The zero-order valence-corrected chi connectivity index (χ0v) is 14.1. The summed E-state index contributed by atoms with van der Waals surface area (Å²) in [5.41, 5.74) is 6.53. The minimum atomic E-state index is -3.39. The molecule has 3 atom stereocenters. The van der Waals surface area contributed by atoms with Crippen molar-refractivity contribution in [2.45, 2.75) is 37.6 Å². The normalized spacial score (nSPS) is 33.9. The fraction of sp³-hybridized carbons (Fsp3) is 0.625. The summed E-state index contributed by atoms with van der Waals surface area (Å²) >= 11 is 0. The number of benzene rings is 1. The molecule has 22 heavy (non-hydrogen) atoms. The molecule has 0 saturated carbocycles. The van der Waals surface area contributed by atoms with Crippen molar-refractivity contribution in [3.05, 3.63) is 30.3 Å². The van der Waals surface area contributed by atoms with Crippen molar-refractivity contribution in [2.24, 2.45) is 11.3 Å². The van der Waals surface area contributed by atoms with Gasteiger partial charge >= 0.3 is 0 Å². The number of hydrogen-bond acceptors (Lipinski definition) is 4. The van der Waals surface area contributed by atoms with E-state index in [2.05, 4.69) is 24.7 Å². The summed E-state index contributed by atoms with van der Waals surface area (Å²) in [6, 6.07) is 9.07. The third-order valence-electron chi connectivity index (χ3n) is 5.08. The first-order valence-corrected chi connectivity index (χ1v) is 9.41. The Hall–Kier alpha value is -0.950. The van der Waals surface area contributed by atoms with E-state index in [4.69, 9.17) is 0 Å². The van der Waals surface area contributed by atoms with Gasteiger partial charge in [-0.05, 0) is 36.3 Å². The van der Waals surface area contributed by atoms with Crippen LogP contribution in [0.25, 0.3) is 0 Å². The highest BCUT2D eigenvalue weighted by molar-refractivity contribution is 7.89. The van der Waals surface area contributed by atoms with Crippen LogP contribution >= 0.6 is 0 Å². The lowest BCUT2D eigenvalue weighted by Crippen LogP contribution is -2.54. The molecule has 1 aromatic carbocycles. The van der Waals surface area contributed by atoms with Crippen LogP contribution in [0, 0.1) is 11.3 Å². The van der Waals surface area contributed by atoms with Gasteiger partial charge in [-0.25, -0.2) is 8.42 Å². The molecule has 0 bridgehead atoms. The molecule has 3 unspecified atom stereocenters. The van der Waals surface area contributed by atoms with E-state index in [1.165, 1.54) is 0 Å². The Kier molecular flexibility index (Phi) is 4.29. The lowest BCUT2D eigenvalue weighted by atomic mass is 9.72. The number of rotatable bonds is 3. The van der Waals surface area contributed by atoms with Crippen molar-refractivity contribution in [1.29, 1.82) is 0 Å². The summed E-state index contributed by atoms with van der Waals surface area (Å²) in [5, 5.41) is 0. The molecule has 2 heterocycles. The summed E-state index contributed by atoms with van der Waals surface area (Å²) in [6.45, 7) is 6.55. The van der Waals surface area contributed by atoms with Gasteiger partial charge in [0.2, 0.25) is 10.0 Å². The fourth-order valence-electron chi connectivity index (χ4n) is 3.87. The van der Waals surface area contributed by atoms with E-state index >= 15 is 0 Å². The maximum absolute atomic E-state index is 12.9. The standard InChI is InChI=1S/C16H25N3O2S/c1-13-11-17-18-15(13)16(2)9-6-10-19(12-16)22(20,21)14-7-4-3-5-8-14/h3-5,7-8,13,15,17-18H,6,9-12H2,1-2H3. The second-order valence-electron chi connectivity index (χ2n) is 6.89. The highest BCUT2D eigenvalue weighted by atomic mass is 32.2. The molecule has 122 valence electrons. The van der Waals surface area contributed by atoms with E-state index in [0.29, 0.717) is 29.9 Å². The minimum absolute atomic E-state index is 0.0387. The van der Waals surface area contributed by atoms with Gasteiger partial charge in [0.05, 0.1) is 4.90 Å². The predicted octanol–water partition coefficient (Wildman–Crippen LogP) is 1.59. The Morgan fingerprint density at radius 1 is 1.27 bits per heavy atom. The summed E-state index contributed by atoms with van der Waals surface area (Å²) < 4.78 is 27.4. The minimum Gasteiger partial charge on any atom is -0.257 e. The molecule has 6 heteroatoms. The van der Waals surface area contributed by atoms with E-state index in [-0.39, 0.29) is 5.41 Å². The predicted molar refractivity (Wildman–Crippen MR) is 86.6 cm³/mol. The zero-order valence-electron chi connectivity index (χ0n) is 13.2. The van der Waals surface area contributed by atoms with E-state index in [1.807, 2.05) is 6.07 Å². The first-order chi connectivity index (χ1) is 10.4. The lowest BCUT2D eigenvalue weighted by molar-refractivity contribution is 0.104. The van der Waals surface area contributed by atoms with Gasteiger partial charge in [0.1, 0.15) is 0 Å². The Balaban J connectivity index is 1.84. The zero-order chi connectivity index (χ0) is 15.8. The molecule has 0 radical (unpaired) electrons. The average Bonchev–Trinajstić information content (AvgIpc) is 2.95. The lowest BCUT2D eigenvalue weighted by Gasteiger charge is -2.44. The van der Waals surface area contributed by atoms with Gasteiger partial charge < -0.3 is 0 Å². The van der Waals surface area contributed by atoms with Crippen molar-refractivity contribution in [3.63, 3.8) is 0 Å². The van der Waals surface area contributed by atoms with Crippen molar-refractivity contribution >= 4 is 10.0 Å². The van der Waals surface area contributed by atoms with Crippen LogP contribution in [0.5, 0.6) is 0 Å². The molecule has 5 nitrogen and oxygen atoms in total. The molecule has 2 saturated heterocycles. The van der Waals surface area contributed by atoms with Gasteiger partial charge in [-0.2, -0.15) is 4.31 Å². The molecule has 2 N–H and O–H groups in total. The topological polar surface area (TPSA) is 61.4 Å². The van der Waals surface area contributed by atoms with Crippen LogP contribution < -0.4 is 10.9 Å². The number of hydrazine groups is 1. The molecule has 2 aliphatic rings. The molecule has 2 aliphatic heterocycles. The van der Waals surface area contributed by atoms with Crippen LogP contribution in [-0.2, 0) is 10.0 Å². The van der Waals surface area contributed by atoms with Crippen molar-refractivity contribution in [1.82, 2.24) is 15.2 Å². The first-order valence-electron chi connectivity index (χ1n) is 7.97. The molecule has 2 fully saturated rings. The summed E-state index contributed by atoms with van der Waals surface area (Å²) in [4.78, 5) is 0.393. The van der Waals surface area contributed by atoms with Crippen LogP contribution in [0.2, 0.25) is 0 Å². The van der Waals surface area contributed by atoms with Crippen molar-refractivity contribution in [3.8, 4) is 0 Å². The molecule has 3 rings (SSSR count). The van der Waals surface area contributed by atoms with Gasteiger partial charge in [-0.3, -0.25) is 10.9 Å². The monoisotopic (exact) mass is 323 g/mol. The highest BCUT2D eigenvalue weighted by Crippen LogP contribution is 2.38. The second kappa shape index (κ2) is 5.92. The van der Waals surface area contributed by atoms with Crippen LogP contribution in [0.15, 0.2) is 35.2 Å². The molecule has 0 spiro atoms. The molecule has 0 aromatic heterocycles. The number of sulfonamides is 1. The number of nitrogens with one attached hydrogen (secondary N) is 2.